The van der Waals surface area contributed by atoms with E-state index in [2.05, 4.69) is 21.2 Å². The summed E-state index contributed by atoms with van der Waals surface area (Å²) in [4.78, 5) is 23.2. The van der Waals surface area contributed by atoms with Crippen molar-refractivity contribution >= 4 is 38.6 Å². The normalized spacial score (nSPS) is 19.8. The molecule has 98 valence electrons. The highest BCUT2D eigenvalue weighted by atomic mass is 79.9. The van der Waals surface area contributed by atoms with Crippen LogP contribution in [0.3, 0.4) is 0 Å². The average molecular weight is 321 g/mol. The lowest BCUT2D eigenvalue weighted by molar-refractivity contribution is -0.134. The summed E-state index contributed by atoms with van der Waals surface area (Å²) < 4.78 is 3.03. The van der Waals surface area contributed by atoms with Gasteiger partial charge in [-0.3, -0.25) is 14.9 Å². The topological polar surface area (TPSA) is 51.1 Å². The molecule has 1 aliphatic rings. The smallest absolute Gasteiger partial charge is 0.234 e. The Morgan fingerprint density at radius 3 is 2.84 bits per heavy atom. The Labute approximate surface area is 118 Å². The lowest BCUT2D eigenvalue weighted by Gasteiger charge is -2.22. The molecule has 1 aromatic carbocycles. The molecule has 0 saturated carbocycles. The zero-order valence-electron chi connectivity index (χ0n) is 10.4. The van der Waals surface area contributed by atoms with E-state index in [1.807, 2.05) is 36.0 Å². The molecule has 1 saturated heterocycles. The van der Waals surface area contributed by atoms with Crippen LogP contribution in [0.25, 0.3) is 10.9 Å². The van der Waals surface area contributed by atoms with Crippen molar-refractivity contribution in [1.82, 2.24) is 9.88 Å². The van der Waals surface area contributed by atoms with Crippen LogP contribution >= 0.6 is 15.9 Å². The summed E-state index contributed by atoms with van der Waals surface area (Å²) in [6.07, 6.45) is 2.96. The van der Waals surface area contributed by atoms with Gasteiger partial charge < -0.3 is 4.57 Å². The predicted molar refractivity (Wildman–Crippen MR) is 75.7 cm³/mol. The van der Waals surface area contributed by atoms with Crippen molar-refractivity contribution < 1.29 is 9.59 Å². The number of amides is 2. The number of aromatic nitrogens is 1. The van der Waals surface area contributed by atoms with Gasteiger partial charge in [0.05, 0.1) is 11.4 Å². The molecule has 1 N–H and O–H groups in total. The molecule has 0 aliphatic carbocycles. The lowest BCUT2D eigenvalue weighted by atomic mass is 9.88. The van der Waals surface area contributed by atoms with Crippen LogP contribution in [0.5, 0.6) is 0 Å². The Hall–Kier alpha value is -1.62. The Morgan fingerprint density at radius 1 is 1.32 bits per heavy atom. The number of rotatable bonds is 1. The molecule has 2 aromatic rings. The van der Waals surface area contributed by atoms with Crippen molar-refractivity contribution in [3.05, 3.63) is 34.4 Å². The third kappa shape index (κ3) is 1.98. The highest BCUT2D eigenvalue weighted by Crippen LogP contribution is 2.34. The maximum atomic E-state index is 12.0. The van der Waals surface area contributed by atoms with Crippen LogP contribution in [0, 0.1) is 0 Å². The number of fused-ring (bicyclic) bond motifs is 1. The molecule has 2 heterocycles. The van der Waals surface area contributed by atoms with Crippen LogP contribution in [0.2, 0.25) is 0 Å². The van der Waals surface area contributed by atoms with Crippen LogP contribution in [0.15, 0.2) is 28.9 Å². The van der Waals surface area contributed by atoms with Gasteiger partial charge in [0.1, 0.15) is 0 Å². The van der Waals surface area contributed by atoms with Crippen molar-refractivity contribution in [3.8, 4) is 0 Å². The van der Waals surface area contributed by atoms with Crippen molar-refractivity contribution in [1.29, 1.82) is 0 Å². The standard InChI is InChI=1S/C14H13BrN2O2/c1-17-7-6-9-8(2-4-11(15)13(9)17)10-3-5-12(18)16-14(10)19/h2,4,6-7,10H,3,5H2,1H3,(H,16,18,19). The molecule has 0 bridgehead atoms. The molecular weight excluding hydrogens is 308 g/mol. The highest BCUT2D eigenvalue weighted by molar-refractivity contribution is 9.10. The fourth-order valence-corrected chi connectivity index (χ4v) is 3.31. The second-order valence-electron chi connectivity index (χ2n) is 4.83. The zero-order valence-corrected chi connectivity index (χ0v) is 12.0. The molecule has 0 radical (unpaired) electrons. The van der Waals surface area contributed by atoms with Gasteiger partial charge in [0.15, 0.2) is 0 Å². The summed E-state index contributed by atoms with van der Waals surface area (Å²) in [6.45, 7) is 0. The molecular formula is C14H13BrN2O2. The summed E-state index contributed by atoms with van der Waals surface area (Å²) in [6, 6.07) is 5.94. The van der Waals surface area contributed by atoms with E-state index in [1.54, 1.807) is 0 Å². The first-order valence-electron chi connectivity index (χ1n) is 6.15. The maximum absolute atomic E-state index is 12.0. The van der Waals surface area contributed by atoms with Crippen LogP contribution in [-0.2, 0) is 16.6 Å². The van der Waals surface area contributed by atoms with Crippen LogP contribution in [0.4, 0.5) is 0 Å². The summed E-state index contributed by atoms with van der Waals surface area (Å²) >= 11 is 3.53. The van der Waals surface area contributed by atoms with Crippen molar-refractivity contribution in [2.75, 3.05) is 0 Å². The fourth-order valence-electron chi connectivity index (χ4n) is 2.69. The minimum absolute atomic E-state index is 0.178. The Morgan fingerprint density at radius 2 is 2.11 bits per heavy atom. The molecule has 2 amide bonds. The third-order valence-electron chi connectivity index (χ3n) is 3.63. The minimum Gasteiger partial charge on any atom is -0.350 e. The van der Waals surface area contributed by atoms with E-state index in [9.17, 15) is 9.59 Å². The summed E-state index contributed by atoms with van der Waals surface area (Å²) in [5.41, 5.74) is 2.06. The van der Waals surface area contributed by atoms with E-state index in [0.717, 1.165) is 20.9 Å². The fraction of sp³-hybridized carbons (Fsp3) is 0.286. The van der Waals surface area contributed by atoms with Gasteiger partial charge in [0.25, 0.3) is 0 Å². The second kappa shape index (κ2) is 4.49. The maximum Gasteiger partial charge on any atom is 0.234 e. The summed E-state index contributed by atoms with van der Waals surface area (Å²) in [7, 11) is 1.97. The predicted octanol–water partition coefficient (Wildman–Crippen LogP) is 2.46. The molecule has 0 spiro atoms. The number of carbonyl (C=O) groups is 2. The van der Waals surface area contributed by atoms with Gasteiger partial charge in [0, 0.05) is 29.5 Å². The van der Waals surface area contributed by atoms with Gasteiger partial charge in [-0.25, -0.2) is 0 Å². The quantitative estimate of drug-likeness (QED) is 0.821. The first-order valence-corrected chi connectivity index (χ1v) is 6.94. The van der Waals surface area contributed by atoms with Gasteiger partial charge in [-0.05, 0) is 40.0 Å². The van der Waals surface area contributed by atoms with E-state index < -0.39 is 0 Å². The number of carbonyl (C=O) groups excluding carboxylic acids is 2. The number of imide groups is 1. The number of hydrogen-bond acceptors (Lipinski definition) is 2. The number of nitrogens with zero attached hydrogens (tertiary/aromatic N) is 1. The first-order chi connectivity index (χ1) is 9.08. The molecule has 3 rings (SSSR count). The molecule has 5 heteroatoms. The van der Waals surface area contributed by atoms with Gasteiger partial charge in [0.2, 0.25) is 11.8 Å². The van der Waals surface area contributed by atoms with Crippen molar-refractivity contribution in [2.24, 2.45) is 7.05 Å². The van der Waals surface area contributed by atoms with E-state index in [1.165, 1.54) is 0 Å². The molecule has 19 heavy (non-hydrogen) atoms. The molecule has 4 nitrogen and oxygen atoms in total. The van der Waals surface area contributed by atoms with Crippen molar-refractivity contribution in [2.45, 2.75) is 18.8 Å². The van der Waals surface area contributed by atoms with Gasteiger partial charge in [-0.15, -0.1) is 0 Å². The molecule has 1 fully saturated rings. The second-order valence-corrected chi connectivity index (χ2v) is 5.68. The Bertz CT molecular complexity index is 690. The van der Waals surface area contributed by atoms with Crippen LogP contribution in [-0.4, -0.2) is 16.4 Å². The number of benzene rings is 1. The summed E-state index contributed by atoms with van der Waals surface area (Å²) in [5, 5.41) is 3.48. The highest BCUT2D eigenvalue weighted by Gasteiger charge is 2.29. The lowest BCUT2D eigenvalue weighted by Crippen LogP contribution is -2.39. The average Bonchev–Trinajstić information content (AvgIpc) is 2.74. The Balaban J connectivity index is 2.13. The Kier molecular flexibility index (Phi) is 2.93. The third-order valence-corrected chi connectivity index (χ3v) is 4.27. The molecule has 1 aliphatic heterocycles. The molecule has 1 unspecified atom stereocenters. The van der Waals surface area contributed by atoms with Crippen LogP contribution in [0.1, 0.15) is 24.3 Å². The monoisotopic (exact) mass is 320 g/mol. The van der Waals surface area contributed by atoms with Crippen molar-refractivity contribution in [3.63, 3.8) is 0 Å². The van der Waals surface area contributed by atoms with E-state index in [-0.39, 0.29) is 17.7 Å². The SMILES string of the molecule is Cn1ccc2c(C3CCC(=O)NC3=O)ccc(Br)c21. The number of piperidine rings is 1. The summed E-state index contributed by atoms with van der Waals surface area (Å²) in [5.74, 6) is -0.609. The zero-order chi connectivity index (χ0) is 13.6. The van der Waals surface area contributed by atoms with E-state index >= 15 is 0 Å². The number of hydrogen-bond donors (Lipinski definition) is 1. The van der Waals surface area contributed by atoms with Gasteiger partial charge in [-0.2, -0.15) is 0 Å². The van der Waals surface area contributed by atoms with E-state index in [4.69, 9.17) is 0 Å². The number of nitrogens with one attached hydrogen (secondary N) is 1. The van der Waals surface area contributed by atoms with Gasteiger partial charge >= 0.3 is 0 Å². The van der Waals surface area contributed by atoms with Gasteiger partial charge in [-0.1, -0.05) is 6.07 Å². The molecule has 1 atom stereocenters. The number of halogens is 1. The minimum atomic E-state index is -0.240. The first kappa shape index (κ1) is 12.4. The largest absolute Gasteiger partial charge is 0.350 e. The van der Waals surface area contributed by atoms with Crippen LogP contribution < -0.4 is 5.32 Å². The number of aryl methyl sites for hydroxylation is 1. The van der Waals surface area contributed by atoms with E-state index in [0.29, 0.717) is 12.8 Å². The molecule has 1 aromatic heterocycles.